The summed E-state index contributed by atoms with van der Waals surface area (Å²) in [6.07, 6.45) is -11.4. The minimum atomic E-state index is -4.78. The summed E-state index contributed by atoms with van der Waals surface area (Å²) in [5, 5.41) is 4.89. The largest absolute Gasteiger partial charge is 0.491 e. The summed E-state index contributed by atoms with van der Waals surface area (Å²) in [6, 6.07) is 0.582. The number of pyridine rings is 1. The van der Waals surface area contributed by atoms with Crippen LogP contribution in [-0.4, -0.2) is 78.5 Å². The quantitative estimate of drug-likeness (QED) is 0.218. The second kappa shape index (κ2) is 14.6. The molecule has 13 nitrogen and oxygen atoms in total. The van der Waals surface area contributed by atoms with Crippen LogP contribution in [0.25, 0.3) is 0 Å². The molecule has 1 aromatic heterocycles. The number of unbranched alkanes of at least 4 members (excludes halogenated alkanes) is 1. The Hall–Kier alpha value is -3.95. The van der Waals surface area contributed by atoms with Crippen molar-refractivity contribution < 1.29 is 60.8 Å². The first-order chi connectivity index (χ1) is 19.2. The van der Waals surface area contributed by atoms with Crippen LogP contribution < -0.4 is 15.4 Å². The van der Waals surface area contributed by atoms with Crippen molar-refractivity contribution in [1.29, 1.82) is 0 Å². The molecular formula is C25H32F3N3O10. The number of nitrogens with zero attached hydrogens (tertiary/aromatic N) is 1. The molecular weight excluding hydrogens is 559 g/mol. The third-order valence-electron chi connectivity index (χ3n) is 5.50. The molecule has 0 bridgehead atoms. The first kappa shape index (κ1) is 33.3. The van der Waals surface area contributed by atoms with Crippen LogP contribution in [0.3, 0.4) is 0 Å². The van der Waals surface area contributed by atoms with E-state index in [2.05, 4.69) is 15.6 Å². The van der Waals surface area contributed by atoms with E-state index < -0.39 is 83.5 Å². The van der Waals surface area contributed by atoms with Crippen LogP contribution in [0.15, 0.2) is 12.3 Å². The molecule has 0 radical (unpaired) electrons. The van der Waals surface area contributed by atoms with Crippen molar-refractivity contribution in [1.82, 2.24) is 15.6 Å². The highest BCUT2D eigenvalue weighted by molar-refractivity contribution is 5.95. The van der Waals surface area contributed by atoms with E-state index in [1.807, 2.05) is 6.92 Å². The van der Waals surface area contributed by atoms with Crippen molar-refractivity contribution in [2.24, 2.45) is 0 Å². The van der Waals surface area contributed by atoms with Crippen LogP contribution in [0.5, 0.6) is 5.75 Å². The Kier molecular flexibility index (Phi) is 11.9. The van der Waals surface area contributed by atoms with Crippen molar-refractivity contribution in [3.63, 3.8) is 0 Å². The van der Waals surface area contributed by atoms with Crippen LogP contribution in [0.1, 0.15) is 63.5 Å². The molecule has 1 aliphatic rings. The second-order valence-electron chi connectivity index (χ2n) is 8.82. The van der Waals surface area contributed by atoms with Crippen LogP contribution in [-0.2, 0) is 44.3 Å². The van der Waals surface area contributed by atoms with Gasteiger partial charge in [-0.3, -0.25) is 24.0 Å². The Labute approximate surface area is 233 Å². The van der Waals surface area contributed by atoms with Gasteiger partial charge in [-0.1, -0.05) is 13.3 Å². The van der Waals surface area contributed by atoms with E-state index in [4.69, 9.17) is 23.7 Å². The van der Waals surface area contributed by atoms with Gasteiger partial charge >= 0.3 is 24.1 Å². The third kappa shape index (κ3) is 9.30. The van der Waals surface area contributed by atoms with Crippen LogP contribution >= 0.6 is 0 Å². The summed E-state index contributed by atoms with van der Waals surface area (Å²) in [7, 11) is 0. The summed E-state index contributed by atoms with van der Waals surface area (Å²) < 4.78 is 66.4. The van der Waals surface area contributed by atoms with E-state index in [0.717, 1.165) is 27.2 Å². The lowest BCUT2D eigenvalue weighted by Gasteiger charge is -2.44. The van der Waals surface area contributed by atoms with E-state index in [9.17, 15) is 37.1 Å². The Bertz CT molecular complexity index is 1130. The second-order valence-corrected chi connectivity index (χ2v) is 8.82. The molecule has 1 aromatic rings. The molecule has 1 saturated heterocycles. The van der Waals surface area contributed by atoms with E-state index in [1.165, 1.54) is 6.92 Å². The van der Waals surface area contributed by atoms with Crippen molar-refractivity contribution in [3.8, 4) is 5.75 Å². The average molecular weight is 592 g/mol. The summed E-state index contributed by atoms with van der Waals surface area (Å²) in [5.41, 5.74) is -1.76. The molecule has 0 saturated carbocycles. The predicted octanol–water partition coefficient (Wildman–Crippen LogP) is 1.67. The number of hydrogen-bond donors (Lipinski definition) is 2. The normalized spacial score (nSPS) is 22.2. The molecule has 2 amide bonds. The maximum absolute atomic E-state index is 13.2. The number of carbonyl (C=O) groups is 5. The first-order valence-electron chi connectivity index (χ1n) is 12.6. The molecule has 0 aromatic carbocycles. The molecule has 5 atom stereocenters. The summed E-state index contributed by atoms with van der Waals surface area (Å²) in [5.74, 6) is -5.18. The Morgan fingerprint density at radius 3 is 2.07 bits per heavy atom. The lowest BCUT2D eigenvalue weighted by molar-refractivity contribution is -0.246. The molecule has 1 fully saturated rings. The summed E-state index contributed by atoms with van der Waals surface area (Å²) in [6.45, 7) is 6.48. The van der Waals surface area contributed by atoms with Gasteiger partial charge in [-0.25, -0.2) is 4.98 Å². The van der Waals surface area contributed by atoms with Gasteiger partial charge < -0.3 is 34.3 Å². The number of carbonyl (C=O) groups excluding carboxylic acids is 5. The number of nitrogens with one attached hydrogen (secondary N) is 2. The maximum atomic E-state index is 13.2. The fourth-order valence-electron chi connectivity index (χ4n) is 3.86. The molecule has 5 unspecified atom stereocenters. The number of rotatable bonds is 11. The number of alkyl halides is 3. The van der Waals surface area contributed by atoms with Gasteiger partial charge in [0.15, 0.2) is 42.1 Å². The Morgan fingerprint density at radius 2 is 1.54 bits per heavy atom. The lowest BCUT2D eigenvalue weighted by Crippen LogP contribution is -2.68. The highest BCUT2D eigenvalue weighted by atomic mass is 19.4. The fraction of sp³-hybridized carbons (Fsp3) is 0.600. The zero-order chi connectivity index (χ0) is 30.9. The van der Waals surface area contributed by atoms with Crippen LogP contribution in [0.4, 0.5) is 13.2 Å². The van der Waals surface area contributed by atoms with Crippen LogP contribution in [0, 0.1) is 0 Å². The topological polar surface area (TPSA) is 168 Å². The monoisotopic (exact) mass is 591 g/mol. The van der Waals surface area contributed by atoms with Gasteiger partial charge in [0.1, 0.15) is 0 Å². The van der Waals surface area contributed by atoms with Gasteiger partial charge in [0.25, 0.3) is 11.8 Å². The van der Waals surface area contributed by atoms with Gasteiger partial charge in [0, 0.05) is 33.5 Å². The number of ether oxygens (including phenoxy) is 5. The highest BCUT2D eigenvalue weighted by Gasteiger charge is 2.54. The number of halogens is 3. The molecule has 2 heterocycles. The molecule has 228 valence electrons. The van der Waals surface area contributed by atoms with Gasteiger partial charge in [0.05, 0.1) is 12.2 Å². The molecule has 1 aliphatic heterocycles. The SMILES string of the molecule is CCCCNC(=O)C1OC(NC(=O)c2ncc(C(F)(F)F)cc2OCC)C(OC(C)=O)C(OC(C)=O)C1OC(C)=O. The minimum Gasteiger partial charge on any atom is -0.491 e. The Balaban J connectivity index is 2.55. The average Bonchev–Trinajstić information content (AvgIpc) is 2.86. The Morgan fingerprint density at radius 1 is 0.951 bits per heavy atom. The van der Waals surface area contributed by atoms with E-state index in [1.54, 1.807) is 0 Å². The molecule has 2 rings (SSSR count). The summed E-state index contributed by atoms with van der Waals surface area (Å²) >= 11 is 0. The first-order valence-corrected chi connectivity index (χ1v) is 12.6. The zero-order valence-electron chi connectivity index (χ0n) is 23.0. The van der Waals surface area contributed by atoms with E-state index in [0.29, 0.717) is 18.7 Å². The molecule has 0 spiro atoms. The van der Waals surface area contributed by atoms with Gasteiger partial charge in [-0.05, 0) is 19.4 Å². The standard InChI is InChI=1S/C25H32F3N3O10/c1-6-8-9-29-23(36)20-18(38-12(3)32)19(39-13(4)33)21(40-14(5)34)24(41-20)31-22(35)17-16(37-7-2)10-15(11-30-17)25(26,27)28/h10-11,18-21,24H,6-9H2,1-5H3,(H,29,36)(H,31,35). The van der Waals surface area contributed by atoms with Crippen molar-refractivity contribution in [3.05, 3.63) is 23.5 Å². The number of hydrogen-bond acceptors (Lipinski definition) is 11. The molecule has 0 aliphatic carbocycles. The molecule has 16 heteroatoms. The minimum absolute atomic E-state index is 0.113. The van der Waals surface area contributed by atoms with Crippen molar-refractivity contribution >= 4 is 29.7 Å². The van der Waals surface area contributed by atoms with E-state index >= 15 is 0 Å². The maximum Gasteiger partial charge on any atom is 0.418 e. The third-order valence-corrected chi connectivity index (χ3v) is 5.50. The van der Waals surface area contributed by atoms with Gasteiger partial charge in [0.2, 0.25) is 0 Å². The zero-order valence-corrected chi connectivity index (χ0v) is 23.0. The fourth-order valence-corrected chi connectivity index (χ4v) is 3.86. The molecule has 41 heavy (non-hydrogen) atoms. The van der Waals surface area contributed by atoms with E-state index in [-0.39, 0.29) is 13.2 Å². The molecule has 2 N–H and O–H groups in total. The lowest BCUT2D eigenvalue weighted by atomic mass is 9.96. The number of aromatic nitrogens is 1. The van der Waals surface area contributed by atoms with Crippen molar-refractivity contribution in [2.75, 3.05) is 13.2 Å². The smallest absolute Gasteiger partial charge is 0.418 e. The predicted molar refractivity (Wildman–Crippen MR) is 131 cm³/mol. The van der Waals surface area contributed by atoms with Crippen molar-refractivity contribution in [2.45, 2.75) is 84.3 Å². The van der Waals surface area contributed by atoms with Crippen LogP contribution in [0.2, 0.25) is 0 Å². The number of esters is 3. The van der Waals surface area contributed by atoms with Gasteiger partial charge in [-0.2, -0.15) is 13.2 Å². The van der Waals surface area contributed by atoms with Gasteiger partial charge in [-0.15, -0.1) is 0 Å². The summed E-state index contributed by atoms with van der Waals surface area (Å²) in [4.78, 5) is 65.8. The number of amides is 2. The highest BCUT2D eigenvalue weighted by Crippen LogP contribution is 2.33.